The number of hydrogen-bond acceptors (Lipinski definition) is 5. The van der Waals surface area contributed by atoms with Gasteiger partial charge in [0.15, 0.2) is 0 Å². The second kappa shape index (κ2) is 10.6. The van der Waals surface area contributed by atoms with Gasteiger partial charge in [-0.25, -0.2) is 13.4 Å². The molecule has 1 aliphatic heterocycles. The zero-order valence-corrected chi connectivity index (χ0v) is 20.7. The zero-order chi connectivity index (χ0) is 25.1. The smallest absolute Gasteiger partial charge is 0.356 e. The summed E-state index contributed by atoms with van der Waals surface area (Å²) >= 11 is 6.31. The maximum Gasteiger partial charge on any atom is 0.433 e. The number of aromatic nitrogens is 1. The summed E-state index contributed by atoms with van der Waals surface area (Å²) in [5.41, 5.74) is 1.11. The van der Waals surface area contributed by atoms with E-state index in [2.05, 4.69) is 4.98 Å². The second-order valence-electron chi connectivity index (χ2n) is 8.79. The molecule has 34 heavy (non-hydrogen) atoms. The van der Waals surface area contributed by atoms with Crippen molar-refractivity contribution in [3.63, 3.8) is 0 Å². The van der Waals surface area contributed by atoms with Crippen LogP contribution < -0.4 is 4.90 Å². The van der Waals surface area contributed by atoms with Crippen LogP contribution in [0.4, 0.5) is 19.0 Å². The third kappa shape index (κ3) is 6.95. The molecule has 0 radical (unpaired) electrons. The molecule has 186 valence electrons. The van der Waals surface area contributed by atoms with Crippen LogP contribution in [0.5, 0.6) is 0 Å². The van der Waals surface area contributed by atoms with E-state index in [0.29, 0.717) is 53.5 Å². The van der Waals surface area contributed by atoms with Crippen molar-refractivity contribution in [3.05, 3.63) is 57.7 Å². The molecule has 1 saturated heterocycles. The first-order chi connectivity index (χ1) is 15.8. The van der Waals surface area contributed by atoms with Crippen molar-refractivity contribution in [2.75, 3.05) is 30.0 Å². The van der Waals surface area contributed by atoms with Crippen LogP contribution in [-0.4, -0.2) is 44.3 Å². The summed E-state index contributed by atoms with van der Waals surface area (Å²) in [5, 5.41) is 0.407. The van der Waals surface area contributed by atoms with Crippen molar-refractivity contribution >= 4 is 33.0 Å². The Balaban J connectivity index is 1.71. The van der Waals surface area contributed by atoms with Crippen molar-refractivity contribution in [2.45, 2.75) is 51.1 Å². The van der Waals surface area contributed by atoms with Gasteiger partial charge < -0.3 is 4.90 Å². The lowest BCUT2D eigenvalue weighted by atomic mass is 9.92. The Morgan fingerprint density at radius 3 is 2.35 bits per heavy atom. The molecule has 10 heteroatoms. The highest BCUT2D eigenvalue weighted by atomic mass is 35.5. The third-order valence-electron chi connectivity index (χ3n) is 6.10. The number of rotatable bonds is 9. The quantitative estimate of drug-likeness (QED) is 0.455. The second-order valence-corrected chi connectivity index (χ2v) is 11.5. The summed E-state index contributed by atoms with van der Waals surface area (Å²) < 4.78 is 62.3. The van der Waals surface area contributed by atoms with Crippen molar-refractivity contribution in [3.8, 4) is 0 Å². The van der Waals surface area contributed by atoms with Crippen LogP contribution in [0.15, 0.2) is 30.3 Å². The Morgan fingerprint density at radius 2 is 1.76 bits per heavy atom. The molecule has 1 unspecified atom stereocenters. The summed E-state index contributed by atoms with van der Waals surface area (Å²) in [6, 6.07) is 7.57. The van der Waals surface area contributed by atoms with Gasteiger partial charge in [-0.2, -0.15) is 13.2 Å². The Bertz CT molecular complexity index is 1150. The lowest BCUT2D eigenvalue weighted by molar-refractivity contribution is -0.141. The summed E-state index contributed by atoms with van der Waals surface area (Å²) in [6.45, 7) is 3.06. The minimum Gasteiger partial charge on any atom is -0.356 e. The fraction of sp³-hybridized carbons (Fsp3) is 0.500. The molecule has 1 fully saturated rings. The van der Waals surface area contributed by atoms with Crippen LogP contribution in [0, 0.1) is 0 Å². The highest BCUT2D eigenvalue weighted by Crippen LogP contribution is 2.33. The van der Waals surface area contributed by atoms with Gasteiger partial charge in [0.2, 0.25) is 0 Å². The first-order valence-corrected chi connectivity index (χ1v) is 13.6. The molecule has 0 amide bonds. The lowest BCUT2D eigenvalue weighted by Gasteiger charge is -2.22. The number of Topliss-reactive ketones (excluding diaryl/α,β-unsaturated/α-hetero) is 1. The fourth-order valence-electron chi connectivity index (χ4n) is 4.02. The first kappa shape index (κ1) is 26.5. The van der Waals surface area contributed by atoms with Gasteiger partial charge in [0.1, 0.15) is 27.1 Å². The normalized spacial score (nSPS) is 15.5. The van der Waals surface area contributed by atoms with E-state index in [4.69, 9.17) is 11.6 Å². The minimum atomic E-state index is -4.52. The number of carbonyl (C=O) groups is 1. The van der Waals surface area contributed by atoms with E-state index in [1.807, 2.05) is 4.90 Å². The van der Waals surface area contributed by atoms with E-state index in [0.717, 1.165) is 25.2 Å². The number of carbonyl (C=O) groups excluding carboxylic acids is 1. The largest absolute Gasteiger partial charge is 0.433 e. The molecule has 0 N–H and O–H groups in total. The van der Waals surface area contributed by atoms with Crippen LogP contribution in [0.1, 0.15) is 54.5 Å². The molecule has 5 nitrogen and oxygen atoms in total. The van der Waals surface area contributed by atoms with Gasteiger partial charge in [-0.15, -0.1) is 0 Å². The average Bonchev–Trinajstić information content (AvgIpc) is 3.29. The van der Waals surface area contributed by atoms with E-state index in [9.17, 15) is 26.4 Å². The Hall–Kier alpha value is -2.13. The Morgan fingerprint density at radius 1 is 1.12 bits per heavy atom. The highest BCUT2D eigenvalue weighted by molar-refractivity contribution is 7.90. The van der Waals surface area contributed by atoms with Gasteiger partial charge in [-0.05, 0) is 54.5 Å². The van der Waals surface area contributed by atoms with Gasteiger partial charge in [0, 0.05) is 36.7 Å². The molecule has 0 aliphatic carbocycles. The minimum absolute atomic E-state index is 0.0128. The number of nitrogens with zero attached hydrogens (tertiary/aromatic N) is 2. The SMILES string of the molecule is CC(C(=O)CCc1ccc(C(F)(F)F)nc1N1CCCC1)c1ccc(CCS(C)(=O)=O)c(Cl)c1. The maximum absolute atomic E-state index is 13.2. The van der Waals surface area contributed by atoms with Crippen LogP contribution in [0.2, 0.25) is 5.02 Å². The van der Waals surface area contributed by atoms with Crippen molar-refractivity contribution in [2.24, 2.45) is 0 Å². The topological polar surface area (TPSA) is 67.3 Å². The van der Waals surface area contributed by atoms with Crippen molar-refractivity contribution in [1.29, 1.82) is 0 Å². The molecular formula is C24H28ClF3N2O3S. The molecule has 1 atom stereocenters. The number of benzene rings is 1. The summed E-state index contributed by atoms with van der Waals surface area (Å²) in [5.74, 6) is -0.224. The van der Waals surface area contributed by atoms with Crippen molar-refractivity contribution < 1.29 is 26.4 Å². The Kier molecular flexibility index (Phi) is 8.29. The predicted octanol–water partition coefficient (Wildman–Crippen LogP) is 5.25. The molecule has 0 bridgehead atoms. The number of sulfone groups is 1. The third-order valence-corrected chi connectivity index (χ3v) is 7.39. The number of aryl methyl sites for hydroxylation is 2. The number of alkyl halides is 3. The first-order valence-electron chi connectivity index (χ1n) is 11.2. The molecule has 2 aromatic rings. The molecule has 1 aliphatic rings. The van der Waals surface area contributed by atoms with Crippen LogP contribution >= 0.6 is 11.6 Å². The molecule has 1 aromatic carbocycles. The molecule has 0 saturated carbocycles. The monoisotopic (exact) mass is 516 g/mol. The number of anilines is 1. The number of hydrogen-bond donors (Lipinski definition) is 0. The van der Waals surface area contributed by atoms with Crippen molar-refractivity contribution in [1.82, 2.24) is 4.98 Å². The number of ketones is 1. The van der Waals surface area contributed by atoms with Gasteiger partial charge in [-0.1, -0.05) is 36.7 Å². The zero-order valence-electron chi connectivity index (χ0n) is 19.2. The van der Waals surface area contributed by atoms with Crippen LogP contribution in [0.3, 0.4) is 0 Å². The Labute approximate surface area is 203 Å². The molecule has 3 rings (SSSR count). The van der Waals surface area contributed by atoms with E-state index in [1.165, 1.54) is 6.07 Å². The lowest BCUT2D eigenvalue weighted by Crippen LogP contribution is -2.23. The average molecular weight is 517 g/mol. The predicted molar refractivity (Wildman–Crippen MR) is 127 cm³/mol. The molecule has 0 spiro atoms. The van der Waals surface area contributed by atoms with Gasteiger partial charge in [-0.3, -0.25) is 4.79 Å². The van der Waals surface area contributed by atoms with Gasteiger partial charge in [0.05, 0.1) is 5.75 Å². The number of halogens is 4. The maximum atomic E-state index is 13.2. The van der Waals surface area contributed by atoms with E-state index in [1.54, 1.807) is 25.1 Å². The van der Waals surface area contributed by atoms with Crippen LogP contribution in [-0.2, 0) is 33.6 Å². The molecule has 1 aromatic heterocycles. The van der Waals surface area contributed by atoms with Gasteiger partial charge >= 0.3 is 6.18 Å². The summed E-state index contributed by atoms with van der Waals surface area (Å²) in [4.78, 5) is 18.6. The van der Waals surface area contributed by atoms with Crippen LogP contribution in [0.25, 0.3) is 0 Å². The van der Waals surface area contributed by atoms with E-state index < -0.39 is 27.6 Å². The molecule has 2 heterocycles. The van der Waals surface area contributed by atoms with E-state index in [-0.39, 0.29) is 18.0 Å². The molecular weight excluding hydrogens is 489 g/mol. The summed E-state index contributed by atoms with van der Waals surface area (Å²) in [6.07, 6.45) is -0.826. The number of pyridine rings is 1. The highest BCUT2D eigenvalue weighted by Gasteiger charge is 2.34. The van der Waals surface area contributed by atoms with E-state index >= 15 is 0 Å². The summed E-state index contributed by atoms with van der Waals surface area (Å²) in [7, 11) is -3.12. The fourth-order valence-corrected chi connectivity index (χ4v) is 4.90. The standard InChI is InChI=1S/C24H28ClF3N2O3S/c1-16(19-6-5-17(20(25)15-19)11-14-34(2,32)33)21(31)9-7-18-8-10-22(24(26,27)28)29-23(18)30-12-3-4-13-30/h5-6,8,10,15-16H,3-4,7,9,11-14H2,1-2H3. The van der Waals surface area contributed by atoms with Gasteiger partial charge in [0.25, 0.3) is 0 Å².